The molecule has 0 radical (unpaired) electrons. The molecule has 0 heterocycles. The van der Waals surface area contributed by atoms with Crippen LogP contribution in [0.3, 0.4) is 0 Å². The van der Waals surface area contributed by atoms with Gasteiger partial charge in [0.1, 0.15) is 5.75 Å². The summed E-state index contributed by atoms with van der Waals surface area (Å²) in [7, 11) is 0. The zero-order valence-corrected chi connectivity index (χ0v) is 13.6. The average molecular weight is 297 g/mol. The molecule has 2 aromatic carbocycles. The Morgan fingerprint density at radius 1 is 1.09 bits per heavy atom. The lowest BCUT2D eigenvalue weighted by molar-refractivity contribution is -0.122. The average Bonchev–Trinajstić information content (AvgIpc) is 2.45. The van der Waals surface area contributed by atoms with Crippen molar-refractivity contribution >= 4 is 11.6 Å². The summed E-state index contributed by atoms with van der Waals surface area (Å²) in [6, 6.07) is 13.7. The van der Waals surface area contributed by atoms with Gasteiger partial charge in [-0.2, -0.15) is 0 Å². The van der Waals surface area contributed by atoms with E-state index in [-0.39, 0.29) is 5.91 Å². The van der Waals surface area contributed by atoms with E-state index < -0.39 is 6.10 Å². The number of benzene rings is 2. The highest BCUT2D eigenvalue weighted by Gasteiger charge is 2.19. The second-order valence-electron chi connectivity index (χ2n) is 5.65. The summed E-state index contributed by atoms with van der Waals surface area (Å²) in [6.45, 7) is 7.96. The van der Waals surface area contributed by atoms with Crippen molar-refractivity contribution in [3.63, 3.8) is 0 Å². The quantitative estimate of drug-likeness (QED) is 0.888. The molecule has 1 atom stereocenters. The molecule has 0 saturated heterocycles. The zero-order valence-electron chi connectivity index (χ0n) is 13.6. The number of anilines is 1. The third-order valence-electron chi connectivity index (χ3n) is 3.52. The highest BCUT2D eigenvalue weighted by molar-refractivity contribution is 5.94. The van der Waals surface area contributed by atoms with Gasteiger partial charge in [-0.25, -0.2) is 0 Å². The van der Waals surface area contributed by atoms with Crippen molar-refractivity contribution in [1.29, 1.82) is 0 Å². The third kappa shape index (κ3) is 4.10. The molecule has 0 aliphatic rings. The van der Waals surface area contributed by atoms with E-state index >= 15 is 0 Å². The molecule has 0 bridgehead atoms. The Balaban J connectivity index is 2.10. The van der Waals surface area contributed by atoms with Gasteiger partial charge in [-0.3, -0.25) is 4.79 Å². The lowest BCUT2D eigenvalue weighted by Crippen LogP contribution is -2.32. The molecule has 0 aliphatic heterocycles. The van der Waals surface area contributed by atoms with Gasteiger partial charge in [0, 0.05) is 5.69 Å². The monoisotopic (exact) mass is 297 g/mol. The number of carbonyl (C=O) groups excluding carboxylic acids is 1. The van der Waals surface area contributed by atoms with Gasteiger partial charge in [0.25, 0.3) is 5.91 Å². The Morgan fingerprint density at radius 3 is 2.32 bits per heavy atom. The first-order valence-corrected chi connectivity index (χ1v) is 7.61. The highest BCUT2D eigenvalue weighted by atomic mass is 16.5. The van der Waals surface area contributed by atoms with E-state index in [2.05, 4.69) is 11.4 Å². The number of hydrogen-bond acceptors (Lipinski definition) is 2. The molecule has 2 aromatic rings. The molecule has 1 unspecified atom stereocenters. The molecule has 1 amide bonds. The lowest BCUT2D eigenvalue weighted by Gasteiger charge is -2.19. The van der Waals surface area contributed by atoms with Crippen LogP contribution in [0.25, 0.3) is 0 Å². The van der Waals surface area contributed by atoms with Crippen molar-refractivity contribution in [2.24, 2.45) is 0 Å². The van der Waals surface area contributed by atoms with Gasteiger partial charge < -0.3 is 10.1 Å². The normalized spacial score (nSPS) is 11.8. The van der Waals surface area contributed by atoms with Crippen LogP contribution in [-0.2, 0) is 4.79 Å². The Hall–Kier alpha value is -2.29. The number of aryl methyl sites for hydroxylation is 3. The number of para-hydroxylation sites is 1. The van der Waals surface area contributed by atoms with E-state index in [9.17, 15) is 4.79 Å². The van der Waals surface area contributed by atoms with Crippen molar-refractivity contribution in [2.75, 3.05) is 5.32 Å². The maximum atomic E-state index is 12.4. The van der Waals surface area contributed by atoms with Gasteiger partial charge in [0.15, 0.2) is 6.10 Å². The van der Waals surface area contributed by atoms with Crippen LogP contribution in [0.1, 0.15) is 30.0 Å². The summed E-state index contributed by atoms with van der Waals surface area (Å²) in [5.41, 5.74) is 4.10. The molecule has 0 fully saturated rings. The van der Waals surface area contributed by atoms with Gasteiger partial charge in [-0.1, -0.05) is 31.2 Å². The van der Waals surface area contributed by atoms with E-state index in [1.54, 1.807) is 0 Å². The Kier molecular flexibility index (Phi) is 5.21. The smallest absolute Gasteiger partial charge is 0.265 e. The molecule has 1 N–H and O–H groups in total. The summed E-state index contributed by atoms with van der Waals surface area (Å²) in [5, 5.41) is 2.95. The largest absolute Gasteiger partial charge is 0.480 e. The van der Waals surface area contributed by atoms with Crippen LogP contribution in [0.15, 0.2) is 42.5 Å². The fourth-order valence-corrected chi connectivity index (χ4v) is 2.43. The molecule has 0 aromatic heterocycles. The van der Waals surface area contributed by atoms with E-state index in [1.165, 1.54) is 0 Å². The van der Waals surface area contributed by atoms with Gasteiger partial charge in [0.05, 0.1) is 0 Å². The summed E-state index contributed by atoms with van der Waals surface area (Å²) in [5.74, 6) is 0.640. The second-order valence-corrected chi connectivity index (χ2v) is 5.65. The molecule has 0 spiro atoms. The fourth-order valence-electron chi connectivity index (χ4n) is 2.43. The van der Waals surface area contributed by atoms with E-state index in [1.807, 2.05) is 64.1 Å². The fraction of sp³-hybridized carbons (Fsp3) is 0.316. The van der Waals surface area contributed by atoms with Crippen molar-refractivity contribution < 1.29 is 9.53 Å². The molecule has 22 heavy (non-hydrogen) atoms. The van der Waals surface area contributed by atoms with E-state index in [4.69, 9.17) is 4.74 Å². The third-order valence-corrected chi connectivity index (χ3v) is 3.52. The number of rotatable bonds is 5. The second kappa shape index (κ2) is 7.12. The lowest BCUT2D eigenvalue weighted by atomic mass is 10.1. The standard InChI is InChI=1S/C19H23NO2/c1-5-17(22-18-9-7-6-8-15(18)4)19(21)20-16-11-13(2)10-14(3)12-16/h6-12,17H,5H2,1-4H3,(H,20,21). The number of amides is 1. The topological polar surface area (TPSA) is 38.3 Å². The number of nitrogens with one attached hydrogen (secondary N) is 1. The molecule has 0 aliphatic carbocycles. The van der Waals surface area contributed by atoms with E-state index in [0.717, 1.165) is 28.1 Å². The van der Waals surface area contributed by atoms with Crippen LogP contribution in [0.4, 0.5) is 5.69 Å². The molecular formula is C19H23NO2. The van der Waals surface area contributed by atoms with Crippen LogP contribution in [-0.4, -0.2) is 12.0 Å². The van der Waals surface area contributed by atoms with Gasteiger partial charge >= 0.3 is 0 Å². The molecule has 3 nitrogen and oxygen atoms in total. The van der Waals surface area contributed by atoms with Crippen LogP contribution in [0.5, 0.6) is 5.75 Å². The summed E-state index contributed by atoms with van der Waals surface area (Å²) in [6.07, 6.45) is 0.118. The summed E-state index contributed by atoms with van der Waals surface area (Å²) < 4.78 is 5.88. The van der Waals surface area contributed by atoms with Crippen LogP contribution < -0.4 is 10.1 Å². The highest BCUT2D eigenvalue weighted by Crippen LogP contribution is 2.20. The Bertz CT molecular complexity index is 644. The first-order chi connectivity index (χ1) is 10.5. The molecular weight excluding hydrogens is 274 g/mol. The number of hydrogen-bond donors (Lipinski definition) is 1. The predicted molar refractivity (Wildman–Crippen MR) is 90.4 cm³/mol. The molecule has 0 saturated carbocycles. The summed E-state index contributed by atoms with van der Waals surface area (Å²) in [4.78, 5) is 12.4. The first-order valence-electron chi connectivity index (χ1n) is 7.61. The zero-order chi connectivity index (χ0) is 16.1. The number of carbonyl (C=O) groups is 1. The SMILES string of the molecule is CCC(Oc1ccccc1C)C(=O)Nc1cc(C)cc(C)c1. The van der Waals surface area contributed by atoms with Crippen LogP contribution in [0.2, 0.25) is 0 Å². The van der Waals surface area contributed by atoms with Crippen molar-refractivity contribution in [3.8, 4) is 5.75 Å². The van der Waals surface area contributed by atoms with E-state index in [0.29, 0.717) is 6.42 Å². The minimum Gasteiger partial charge on any atom is -0.480 e. The van der Waals surface area contributed by atoms with Gasteiger partial charge in [-0.15, -0.1) is 0 Å². The van der Waals surface area contributed by atoms with Crippen molar-refractivity contribution in [1.82, 2.24) is 0 Å². The molecule has 2 rings (SSSR count). The number of ether oxygens (including phenoxy) is 1. The maximum Gasteiger partial charge on any atom is 0.265 e. The minimum absolute atomic E-state index is 0.115. The molecule has 116 valence electrons. The first kappa shape index (κ1) is 16.1. The Labute approximate surface area is 132 Å². The molecule has 3 heteroatoms. The van der Waals surface area contributed by atoms with Crippen molar-refractivity contribution in [3.05, 3.63) is 59.2 Å². The minimum atomic E-state index is -0.498. The predicted octanol–water partition coefficient (Wildman–Crippen LogP) is 4.41. The maximum absolute atomic E-state index is 12.4. The van der Waals surface area contributed by atoms with Gasteiger partial charge in [-0.05, 0) is 62.1 Å². The van der Waals surface area contributed by atoms with Crippen molar-refractivity contribution in [2.45, 2.75) is 40.2 Å². The Morgan fingerprint density at radius 2 is 1.73 bits per heavy atom. The summed E-state index contributed by atoms with van der Waals surface area (Å²) >= 11 is 0. The van der Waals surface area contributed by atoms with Gasteiger partial charge in [0.2, 0.25) is 0 Å². The van der Waals surface area contributed by atoms with Crippen LogP contribution in [0, 0.1) is 20.8 Å². The van der Waals surface area contributed by atoms with Crippen LogP contribution >= 0.6 is 0 Å².